The molecule has 0 spiro atoms. The lowest BCUT2D eigenvalue weighted by Crippen LogP contribution is -2.14. The minimum atomic E-state index is -0.248. The standard InChI is InChI=1S/C12H14FN5S/c13-11-2-1-10(18-8-15-16-17-18)5-12(11)14-6-9-3-4-19-7-9/h1-2,5,8-9,14H,3-4,6-7H2. The van der Waals surface area contributed by atoms with Gasteiger partial charge >= 0.3 is 0 Å². The molecule has 2 heterocycles. The lowest BCUT2D eigenvalue weighted by molar-refractivity contribution is 0.610. The molecule has 1 atom stereocenters. The predicted molar refractivity (Wildman–Crippen MR) is 73.0 cm³/mol. The second-order valence-corrected chi connectivity index (χ2v) is 5.68. The molecule has 1 N–H and O–H groups in total. The maximum absolute atomic E-state index is 13.8. The molecule has 1 aromatic heterocycles. The third-order valence-corrected chi connectivity index (χ3v) is 4.40. The van der Waals surface area contributed by atoms with E-state index in [0.717, 1.165) is 18.0 Å². The molecule has 0 amide bonds. The van der Waals surface area contributed by atoms with Crippen molar-refractivity contribution in [2.75, 3.05) is 23.4 Å². The Morgan fingerprint density at radius 3 is 3.16 bits per heavy atom. The Hall–Kier alpha value is -1.63. The van der Waals surface area contributed by atoms with Gasteiger partial charge < -0.3 is 5.32 Å². The van der Waals surface area contributed by atoms with E-state index in [1.54, 1.807) is 12.1 Å². The highest BCUT2D eigenvalue weighted by Gasteiger charge is 2.15. The number of thioether (sulfide) groups is 1. The van der Waals surface area contributed by atoms with Gasteiger partial charge in [-0.15, -0.1) is 5.10 Å². The molecule has 5 nitrogen and oxygen atoms in total. The van der Waals surface area contributed by atoms with E-state index >= 15 is 0 Å². The third-order valence-electron chi connectivity index (χ3n) is 3.17. The first-order chi connectivity index (χ1) is 9.33. The molecule has 19 heavy (non-hydrogen) atoms. The van der Waals surface area contributed by atoms with Crippen LogP contribution in [0.25, 0.3) is 5.69 Å². The molecule has 1 fully saturated rings. The van der Waals surface area contributed by atoms with Crippen LogP contribution in [0.5, 0.6) is 0 Å². The van der Waals surface area contributed by atoms with Gasteiger partial charge in [0.1, 0.15) is 12.1 Å². The molecular formula is C12H14FN5S. The molecule has 1 aromatic carbocycles. The quantitative estimate of drug-likeness (QED) is 0.927. The van der Waals surface area contributed by atoms with Crippen LogP contribution in [-0.2, 0) is 0 Å². The van der Waals surface area contributed by atoms with Gasteiger partial charge in [0, 0.05) is 6.54 Å². The number of hydrogen-bond donors (Lipinski definition) is 1. The number of tetrazole rings is 1. The zero-order valence-corrected chi connectivity index (χ0v) is 11.1. The van der Waals surface area contributed by atoms with Crippen molar-refractivity contribution in [3.05, 3.63) is 30.3 Å². The first-order valence-electron chi connectivity index (χ1n) is 6.17. The number of rotatable bonds is 4. The maximum Gasteiger partial charge on any atom is 0.146 e. The van der Waals surface area contributed by atoms with Gasteiger partial charge in [-0.3, -0.25) is 0 Å². The van der Waals surface area contributed by atoms with E-state index in [9.17, 15) is 4.39 Å². The lowest BCUT2D eigenvalue weighted by atomic mass is 10.1. The van der Waals surface area contributed by atoms with Crippen LogP contribution < -0.4 is 5.32 Å². The summed E-state index contributed by atoms with van der Waals surface area (Å²) in [6.45, 7) is 0.809. The number of benzene rings is 1. The van der Waals surface area contributed by atoms with E-state index in [-0.39, 0.29) is 5.82 Å². The minimum Gasteiger partial charge on any atom is -0.382 e. The van der Waals surface area contributed by atoms with E-state index in [2.05, 4.69) is 20.8 Å². The molecule has 7 heteroatoms. The van der Waals surface area contributed by atoms with Crippen molar-refractivity contribution in [3.8, 4) is 5.69 Å². The number of halogens is 1. The van der Waals surface area contributed by atoms with E-state index in [1.807, 2.05) is 11.8 Å². The summed E-state index contributed by atoms with van der Waals surface area (Å²) in [7, 11) is 0. The number of nitrogens with zero attached hydrogens (tertiary/aromatic N) is 4. The van der Waals surface area contributed by atoms with Gasteiger partial charge in [0.05, 0.1) is 11.4 Å². The first-order valence-corrected chi connectivity index (χ1v) is 7.33. The van der Waals surface area contributed by atoms with Crippen LogP contribution in [0.4, 0.5) is 10.1 Å². The van der Waals surface area contributed by atoms with Crippen molar-refractivity contribution in [2.45, 2.75) is 6.42 Å². The van der Waals surface area contributed by atoms with Gasteiger partial charge in [0.25, 0.3) is 0 Å². The number of nitrogens with one attached hydrogen (secondary N) is 1. The topological polar surface area (TPSA) is 55.6 Å². The largest absolute Gasteiger partial charge is 0.382 e. The molecule has 1 aliphatic heterocycles. The van der Waals surface area contributed by atoms with Crippen molar-refractivity contribution in [2.24, 2.45) is 5.92 Å². The van der Waals surface area contributed by atoms with E-state index in [0.29, 0.717) is 11.6 Å². The van der Waals surface area contributed by atoms with Crippen molar-refractivity contribution in [3.63, 3.8) is 0 Å². The molecule has 2 aromatic rings. The highest BCUT2D eigenvalue weighted by molar-refractivity contribution is 7.99. The van der Waals surface area contributed by atoms with Crippen LogP contribution in [0.1, 0.15) is 6.42 Å². The number of aromatic nitrogens is 4. The summed E-state index contributed by atoms with van der Waals surface area (Å²) in [4.78, 5) is 0. The average Bonchev–Trinajstić information content (AvgIpc) is 3.11. The minimum absolute atomic E-state index is 0.248. The second kappa shape index (κ2) is 5.56. The number of hydrogen-bond acceptors (Lipinski definition) is 5. The lowest BCUT2D eigenvalue weighted by Gasteiger charge is -2.12. The summed E-state index contributed by atoms with van der Waals surface area (Å²) in [5, 5.41) is 14.1. The molecule has 1 unspecified atom stereocenters. The first kappa shape index (κ1) is 12.4. The van der Waals surface area contributed by atoms with Crippen LogP contribution in [0, 0.1) is 11.7 Å². The van der Waals surface area contributed by atoms with Crippen LogP contribution in [-0.4, -0.2) is 38.3 Å². The van der Waals surface area contributed by atoms with Crippen molar-refractivity contribution in [1.29, 1.82) is 0 Å². The fraction of sp³-hybridized carbons (Fsp3) is 0.417. The normalized spacial score (nSPS) is 18.7. The Morgan fingerprint density at radius 1 is 1.47 bits per heavy atom. The summed E-state index contributed by atoms with van der Waals surface area (Å²) < 4.78 is 15.3. The van der Waals surface area contributed by atoms with Gasteiger partial charge in [-0.25, -0.2) is 9.07 Å². The Balaban J connectivity index is 1.74. The van der Waals surface area contributed by atoms with Gasteiger partial charge in [0.15, 0.2) is 0 Å². The highest BCUT2D eigenvalue weighted by atomic mass is 32.2. The highest BCUT2D eigenvalue weighted by Crippen LogP contribution is 2.25. The van der Waals surface area contributed by atoms with E-state index in [1.165, 1.54) is 29.2 Å². The number of anilines is 1. The molecule has 0 bridgehead atoms. The van der Waals surface area contributed by atoms with Crippen LogP contribution in [0.3, 0.4) is 0 Å². The SMILES string of the molecule is Fc1ccc(-n2cnnn2)cc1NCC1CCSC1. The van der Waals surface area contributed by atoms with Gasteiger partial charge in [-0.2, -0.15) is 11.8 Å². The Morgan fingerprint density at radius 2 is 2.42 bits per heavy atom. The zero-order chi connectivity index (χ0) is 13.1. The average molecular weight is 279 g/mol. The summed E-state index contributed by atoms with van der Waals surface area (Å²) in [6.07, 6.45) is 2.69. The van der Waals surface area contributed by atoms with E-state index in [4.69, 9.17) is 0 Å². The van der Waals surface area contributed by atoms with Crippen LogP contribution in [0.2, 0.25) is 0 Å². The monoisotopic (exact) mass is 279 g/mol. The summed E-state index contributed by atoms with van der Waals surface area (Å²) in [6, 6.07) is 4.82. The molecule has 0 aliphatic carbocycles. The molecule has 0 saturated carbocycles. The molecule has 1 saturated heterocycles. The molecule has 0 radical (unpaired) electrons. The Labute approximate surface area is 114 Å². The molecule has 3 rings (SSSR count). The second-order valence-electron chi connectivity index (χ2n) is 4.53. The summed E-state index contributed by atoms with van der Waals surface area (Å²) in [5.74, 6) is 2.74. The van der Waals surface area contributed by atoms with Crippen LogP contribution in [0.15, 0.2) is 24.5 Å². The smallest absolute Gasteiger partial charge is 0.146 e. The summed E-state index contributed by atoms with van der Waals surface area (Å²) in [5.41, 5.74) is 1.25. The van der Waals surface area contributed by atoms with Gasteiger partial charge in [-0.1, -0.05) is 0 Å². The fourth-order valence-electron chi connectivity index (χ4n) is 2.07. The Bertz CT molecular complexity index is 539. The predicted octanol–water partition coefficient (Wildman–Crippen LogP) is 1.97. The molecule has 1 aliphatic rings. The van der Waals surface area contributed by atoms with Gasteiger partial charge in [-0.05, 0) is 52.5 Å². The van der Waals surface area contributed by atoms with Crippen molar-refractivity contribution < 1.29 is 4.39 Å². The Kier molecular flexibility index (Phi) is 3.63. The maximum atomic E-state index is 13.8. The van der Waals surface area contributed by atoms with Gasteiger partial charge in [0.2, 0.25) is 0 Å². The van der Waals surface area contributed by atoms with Crippen molar-refractivity contribution in [1.82, 2.24) is 20.2 Å². The third kappa shape index (κ3) is 2.86. The molecular weight excluding hydrogens is 265 g/mol. The van der Waals surface area contributed by atoms with Crippen LogP contribution >= 0.6 is 11.8 Å². The summed E-state index contributed by atoms with van der Waals surface area (Å²) >= 11 is 1.96. The van der Waals surface area contributed by atoms with E-state index < -0.39 is 0 Å². The zero-order valence-electron chi connectivity index (χ0n) is 10.3. The van der Waals surface area contributed by atoms with Crippen molar-refractivity contribution >= 4 is 17.4 Å². The fourth-order valence-corrected chi connectivity index (χ4v) is 3.35. The molecule has 100 valence electrons.